The lowest BCUT2D eigenvalue weighted by molar-refractivity contribution is -0.384. The van der Waals surface area contributed by atoms with Crippen molar-refractivity contribution in [2.45, 2.75) is 0 Å². The van der Waals surface area contributed by atoms with E-state index in [0.29, 0.717) is 5.13 Å². The Morgan fingerprint density at radius 3 is 2.84 bits per heavy atom. The zero-order chi connectivity index (χ0) is 17.4. The van der Waals surface area contributed by atoms with Gasteiger partial charge in [0, 0.05) is 29.3 Å². The molecule has 0 saturated heterocycles. The lowest BCUT2D eigenvalue weighted by Gasteiger charge is -1.97. The quantitative estimate of drug-likeness (QED) is 0.326. The summed E-state index contributed by atoms with van der Waals surface area (Å²) in [6.07, 6.45) is 1.39. The maximum atomic E-state index is 10.8. The molecule has 0 aliphatic heterocycles. The molecule has 7 heteroatoms. The van der Waals surface area contributed by atoms with Crippen LogP contribution in [0.25, 0.3) is 21.0 Å². The predicted octanol–water partition coefficient (Wildman–Crippen LogP) is 4.81. The number of nitrogens with zero attached hydrogens (tertiary/aromatic N) is 3. The summed E-state index contributed by atoms with van der Waals surface area (Å²) in [5.41, 5.74) is 1.05. The molecule has 4 rings (SSSR count). The first kappa shape index (κ1) is 15.2. The molecule has 0 saturated carbocycles. The topological polar surface area (TPSA) is 88.6 Å². The van der Waals surface area contributed by atoms with Gasteiger partial charge < -0.3 is 5.11 Å². The van der Waals surface area contributed by atoms with Crippen molar-refractivity contribution in [3.05, 3.63) is 70.3 Å². The van der Waals surface area contributed by atoms with Crippen LogP contribution >= 0.6 is 11.3 Å². The fraction of sp³-hybridized carbons (Fsp3) is 0. The van der Waals surface area contributed by atoms with Crippen molar-refractivity contribution in [3.63, 3.8) is 0 Å². The standard InChI is InChI=1S/C18H11N3O3S/c22-15-7-6-13(21(23)24)9-12(15)10-19-18-20-17-14-4-2-1-3-11(14)5-8-16(17)25-18/h1-10,22H/b19-10+. The molecule has 0 bridgehead atoms. The molecule has 0 fully saturated rings. The van der Waals surface area contributed by atoms with Crippen molar-refractivity contribution < 1.29 is 10.0 Å². The van der Waals surface area contributed by atoms with Gasteiger partial charge >= 0.3 is 0 Å². The van der Waals surface area contributed by atoms with Crippen LogP contribution in [0.1, 0.15) is 5.56 Å². The Kier molecular flexibility index (Phi) is 3.62. The minimum Gasteiger partial charge on any atom is -0.507 e. The van der Waals surface area contributed by atoms with Gasteiger partial charge in [0.2, 0.25) is 5.13 Å². The minimum absolute atomic E-state index is 0.0686. The van der Waals surface area contributed by atoms with Crippen molar-refractivity contribution in [3.8, 4) is 5.75 Å². The first-order valence-electron chi connectivity index (χ1n) is 7.41. The van der Waals surface area contributed by atoms with Gasteiger partial charge in [-0.3, -0.25) is 10.1 Å². The maximum absolute atomic E-state index is 10.8. The smallest absolute Gasteiger partial charge is 0.270 e. The summed E-state index contributed by atoms with van der Waals surface area (Å²) in [7, 11) is 0. The second-order valence-corrected chi connectivity index (χ2v) is 6.40. The van der Waals surface area contributed by atoms with Crippen LogP contribution in [0.3, 0.4) is 0 Å². The molecule has 1 N–H and O–H groups in total. The van der Waals surface area contributed by atoms with Gasteiger partial charge in [0.25, 0.3) is 5.69 Å². The number of nitro groups is 1. The van der Waals surface area contributed by atoms with E-state index < -0.39 is 4.92 Å². The lowest BCUT2D eigenvalue weighted by Crippen LogP contribution is -1.90. The summed E-state index contributed by atoms with van der Waals surface area (Å²) in [5, 5.41) is 23.4. The van der Waals surface area contributed by atoms with Gasteiger partial charge in [0.05, 0.1) is 15.1 Å². The van der Waals surface area contributed by atoms with Crippen LogP contribution in [0.4, 0.5) is 10.8 Å². The SMILES string of the molecule is O=[N+]([O-])c1ccc(O)c(/C=N/c2nc3c(ccc4ccccc43)s2)c1. The number of nitro benzene ring substituents is 1. The minimum atomic E-state index is -0.513. The van der Waals surface area contributed by atoms with Crippen LogP contribution in [0, 0.1) is 10.1 Å². The first-order valence-corrected chi connectivity index (χ1v) is 8.23. The Morgan fingerprint density at radius 1 is 1.16 bits per heavy atom. The Balaban J connectivity index is 1.76. The van der Waals surface area contributed by atoms with Crippen molar-refractivity contribution in [1.82, 2.24) is 4.98 Å². The summed E-state index contributed by atoms with van der Waals surface area (Å²) in [4.78, 5) is 19.2. The van der Waals surface area contributed by atoms with Crippen molar-refractivity contribution >= 4 is 49.4 Å². The van der Waals surface area contributed by atoms with Crippen molar-refractivity contribution in [2.24, 2.45) is 4.99 Å². The van der Waals surface area contributed by atoms with Crippen LogP contribution in [0.2, 0.25) is 0 Å². The highest BCUT2D eigenvalue weighted by molar-refractivity contribution is 7.22. The molecule has 0 unspecified atom stereocenters. The van der Waals surface area contributed by atoms with E-state index in [2.05, 4.69) is 9.98 Å². The molecule has 0 amide bonds. The number of non-ortho nitro benzene ring substituents is 1. The average Bonchev–Trinajstić information content (AvgIpc) is 3.04. The van der Waals surface area contributed by atoms with Gasteiger partial charge in [0.15, 0.2) is 0 Å². The van der Waals surface area contributed by atoms with E-state index in [1.54, 1.807) is 0 Å². The fourth-order valence-electron chi connectivity index (χ4n) is 2.59. The van der Waals surface area contributed by atoms with E-state index in [1.807, 2.05) is 36.4 Å². The molecule has 4 aromatic rings. The van der Waals surface area contributed by atoms with Gasteiger partial charge in [-0.1, -0.05) is 41.7 Å². The van der Waals surface area contributed by atoms with E-state index >= 15 is 0 Å². The molecule has 0 aliphatic rings. The highest BCUT2D eigenvalue weighted by Crippen LogP contribution is 2.33. The Labute approximate surface area is 145 Å². The van der Waals surface area contributed by atoms with Gasteiger partial charge in [-0.15, -0.1) is 0 Å². The van der Waals surface area contributed by atoms with Crippen LogP contribution in [0.15, 0.2) is 59.6 Å². The number of thiazole rings is 1. The zero-order valence-electron chi connectivity index (χ0n) is 12.8. The van der Waals surface area contributed by atoms with E-state index in [-0.39, 0.29) is 17.0 Å². The van der Waals surface area contributed by atoms with Gasteiger partial charge in [-0.2, -0.15) is 0 Å². The number of hydrogen-bond donors (Lipinski definition) is 1. The summed E-state index contributed by atoms with van der Waals surface area (Å²) in [6, 6.07) is 15.8. The molecular formula is C18H11N3O3S. The maximum Gasteiger partial charge on any atom is 0.270 e. The van der Waals surface area contributed by atoms with Crippen molar-refractivity contribution in [1.29, 1.82) is 0 Å². The molecule has 0 atom stereocenters. The van der Waals surface area contributed by atoms with E-state index in [1.165, 1.54) is 35.8 Å². The van der Waals surface area contributed by atoms with E-state index in [4.69, 9.17) is 0 Å². The van der Waals surface area contributed by atoms with Crippen LogP contribution in [-0.2, 0) is 0 Å². The van der Waals surface area contributed by atoms with Gasteiger partial charge in [0.1, 0.15) is 5.75 Å². The largest absolute Gasteiger partial charge is 0.507 e. The normalized spacial score (nSPS) is 11.5. The second kappa shape index (κ2) is 5.95. The summed E-state index contributed by atoms with van der Waals surface area (Å²) in [5.74, 6) is -0.0686. The molecular weight excluding hydrogens is 338 g/mol. The molecule has 122 valence electrons. The number of hydrogen-bond acceptors (Lipinski definition) is 6. The fourth-order valence-corrected chi connectivity index (χ4v) is 3.42. The van der Waals surface area contributed by atoms with Crippen LogP contribution in [0.5, 0.6) is 5.75 Å². The van der Waals surface area contributed by atoms with Crippen LogP contribution in [-0.4, -0.2) is 21.2 Å². The highest BCUT2D eigenvalue weighted by atomic mass is 32.1. The lowest BCUT2D eigenvalue weighted by atomic mass is 10.1. The monoisotopic (exact) mass is 349 g/mol. The van der Waals surface area contributed by atoms with Crippen molar-refractivity contribution in [2.75, 3.05) is 0 Å². The molecule has 0 aliphatic carbocycles. The Hall–Kier alpha value is -3.32. The average molecular weight is 349 g/mol. The third kappa shape index (κ3) is 2.81. The van der Waals surface area contributed by atoms with E-state index in [0.717, 1.165) is 21.0 Å². The summed E-state index contributed by atoms with van der Waals surface area (Å²) in [6.45, 7) is 0. The Bertz CT molecular complexity index is 1150. The highest BCUT2D eigenvalue weighted by Gasteiger charge is 2.10. The number of aromatic hydroxyl groups is 1. The van der Waals surface area contributed by atoms with E-state index in [9.17, 15) is 15.2 Å². The second-order valence-electron chi connectivity index (χ2n) is 5.39. The number of phenols is 1. The molecule has 1 heterocycles. The molecule has 6 nitrogen and oxygen atoms in total. The van der Waals surface area contributed by atoms with Gasteiger partial charge in [-0.25, -0.2) is 9.98 Å². The molecule has 25 heavy (non-hydrogen) atoms. The molecule has 3 aromatic carbocycles. The van der Waals surface area contributed by atoms with Gasteiger partial charge in [-0.05, 0) is 17.5 Å². The van der Waals surface area contributed by atoms with Crippen LogP contribution < -0.4 is 0 Å². The Morgan fingerprint density at radius 2 is 2.00 bits per heavy atom. The molecule has 0 radical (unpaired) electrons. The predicted molar refractivity (Wildman–Crippen MR) is 99.1 cm³/mol. The first-order chi connectivity index (χ1) is 12.1. The molecule has 1 aromatic heterocycles. The number of rotatable bonds is 3. The molecule has 0 spiro atoms. The third-order valence-electron chi connectivity index (χ3n) is 3.81. The zero-order valence-corrected chi connectivity index (χ0v) is 13.6. The number of fused-ring (bicyclic) bond motifs is 3. The number of aromatic nitrogens is 1. The number of aliphatic imine (C=N–C) groups is 1. The summed E-state index contributed by atoms with van der Waals surface area (Å²) >= 11 is 1.42. The third-order valence-corrected chi connectivity index (χ3v) is 4.74. The summed E-state index contributed by atoms with van der Waals surface area (Å²) < 4.78 is 1.01. The number of benzene rings is 3. The number of phenolic OH excluding ortho intramolecular Hbond substituents is 1.